The van der Waals surface area contributed by atoms with Crippen LogP contribution in [0.3, 0.4) is 0 Å². The number of rotatable bonds is 7. The normalized spacial score (nSPS) is 11.5. The van der Waals surface area contributed by atoms with Crippen LogP contribution in [0.1, 0.15) is 18.4 Å². The lowest BCUT2D eigenvalue weighted by molar-refractivity contribution is 0.374. The van der Waals surface area contributed by atoms with E-state index in [2.05, 4.69) is 20.8 Å². The molecule has 2 N–H and O–H groups in total. The first-order valence-electron chi connectivity index (χ1n) is 7.48. The quantitative estimate of drug-likeness (QED) is 0.346. The summed E-state index contributed by atoms with van der Waals surface area (Å²) in [5, 5.41) is 11.2. The van der Waals surface area contributed by atoms with Gasteiger partial charge in [0.1, 0.15) is 0 Å². The third-order valence-electron chi connectivity index (χ3n) is 3.10. The first-order valence-corrected chi connectivity index (χ1v) is 8.85. The fourth-order valence-corrected chi connectivity index (χ4v) is 2.76. The third kappa shape index (κ3) is 6.15. The smallest absolute Gasteiger partial charge is 0.191 e. The number of hydrogen-bond acceptors (Lipinski definition) is 4. The zero-order chi connectivity index (χ0) is 16.5. The highest BCUT2D eigenvalue weighted by Crippen LogP contribution is 2.19. The van der Waals surface area contributed by atoms with E-state index in [9.17, 15) is 0 Å². The van der Waals surface area contributed by atoms with E-state index in [0.29, 0.717) is 6.54 Å². The molecule has 1 aromatic heterocycles. The Labute approximate surface area is 145 Å². The van der Waals surface area contributed by atoms with Crippen LogP contribution in [-0.2, 0) is 13.0 Å². The molecule has 5 nitrogen and oxygen atoms in total. The van der Waals surface area contributed by atoms with Crippen LogP contribution in [0.4, 0.5) is 0 Å². The molecule has 0 aliphatic rings. The van der Waals surface area contributed by atoms with E-state index in [1.807, 2.05) is 37.3 Å². The number of aliphatic imine (C=N–C) groups is 1. The molecule has 0 unspecified atom stereocenters. The van der Waals surface area contributed by atoms with Crippen molar-refractivity contribution in [3.63, 3.8) is 0 Å². The average molecular weight is 353 g/mol. The fourth-order valence-electron chi connectivity index (χ4n) is 1.87. The molecule has 0 bridgehead atoms. The Hall–Kier alpha value is -1.66. The summed E-state index contributed by atoms with van der Waals surface area (Å²) in [6, 6.07) is 9.81. The molecule has 0 saturated heterocycles. The molecule has 0 aliphatic heterocycles. The summed E-state index contributed by atoms with van der Waals surface area (Å²) in [6.45, 7) is 3.43. The molecule has 0 fully saturated rings. The minimum atomic E-state index is 0.566. The summed E-state index contributed by atoms with van der Waals surface area (Å²) in [7, 11) is 1.75. The molecular weight excluding hydrogens is 332 g/mol. The molecule has 7 heteroatoms. The minimum absolute atomic E-state index is 0.566. The van der Waals surface area contributed by atoms with Gasteiger partial charge in [-0.3, -0.25) is 4.99 Å². The van der Waals surface area contributed by atoms with Crippen molar-refractivity contribution in [3.8, 4) is 0 Å². The molecule has 0 spiro atoms. The number of thioether (sulfide) groups is 1. The van der Waals surface area contributed by atoms with Crippen molar-refractivity contribution in [3.05, 3.63) is 46.8 Å². The number of benzene rings is 1. The molecule has 124 valence electrons. The van der Waals surface area contributed by atoms with Gasteiger partial charge in [-0.05, 0) is 30.7 Å². The Morgan fingerprint density at radius 2 is 2.09 bits per heavy atom. The highest BCUT2D eigenvalue weighted by atomic mass is 35.5. The number of nitrogens with one attached hydrogen (secondary N) is 2. The lowest BCUT2D eigenvalue weighted by Crippen LogP contribution is -2.37. The van der Waals surface area contributed by atoms with Gasteiger partial charge in [0, 0.05) is 35.3 Å². The van der Waals surface area contributed by atoms with Crippen molar-refractivity contribution in [2.75, 3.05) is 19.3 Å². The highest BCUT2D eigenvalue weighted by Gasteiger charge is 2.04. The third-order valence-corrected chi connectivity index (χ3v) is 4.37. The minimum Gasteiger partial charge on any atom is -0.359 e. The molecule has 2 rings (SSSR count). The van der Waals surface area contributed by atoms with Crippen molar-refractivity contribution in [1.82, 2.24) is 15.8 Å². The van der Waals surface area contributed by atoms with E-state index >= 15 is 0 Å². The molecule has 0 radical (unpaired) electrons. The van der Waals surface area contributed by atoms with E-state index in [1.165, 1.54) is 4.90 Å². The van der Waals surface area contributed by atoms with Crippen LogP contribution in [0.2, 0.25) is 5.02 Å². The average Bonchev–Trinajstić information content (AvgIpc) is 3.04. The van der Waals surface area contributed by atoms with Gasteiger partial charge in [0.2, 0.25) is 0 Å². The second kappa shape index (κ2) is 9.47. The number of aryl methyl sites for hydroxylation is 1. The number of aromatic nitrogens is 1. The second-order valence-electron chi connectivity index (χ2n) is 4.79. The van der Waals surface area contributed by atoms with Crippen LogP contribution in [0, 0.1) is 0 Å². The zero-order valence-corrected chi connectivity index (χ0v) is 14.9. The van der Waals surface area contributed by atoms with Gasteiger partial charge in [0.05, 0.1) is 12.2 Å². The lowest BCUT2D eigenvalue weighted by Gasteiger charge is -2.10. The molecule has 0 atom stereocenters. The molecule has 0 saturated carbocycles. The van der Waals surface area contributed by atoms with Gasteiger partial charge in [-0.2, -0.15) is 0 Å². The number of nitrogens with zero attached hydrogens (tertiary/aromatic N) is 2. The van der Waals surface area contributed by atoms with Crippen LogP contribution < -0.4 is 10.6 Å². The van der Waals surface area contributed by atoms with Crippen molar-refractivity contribution >= 4 is 29.3 Å². The Kier molecular flexibility index (Phi) is 7.29. The van der Waals surface area contributed by atoms with E-state index in [1.54, 1.807) is 18.8 Å². The van der Waals surface area contributed by atoms with Crippen LogP contribution in [0.15, 0.2) is 44.7 Å². The Morgan fingerprint density at radius 3 is 2.74 bits per heavy atom. The molecule has 1 heterocycles. The van der Waals surface area contributed by atoms with Crippen LogP contribution in [0.5, 0.6) is 0 Å². The van der Waals surface area contributed by atoms with Gasteiger partial charge < -0.3 is 15.2 Å². The summed E-state index contributed by atoms with van der Waals surface area (Å²) < 4.78 is 5.23. The first-order chi connectivity index (χ1) is 11.2. The van der Waals surface area contributed by atoms with Crippen molar-refractivity contribution in [1.29, 1.82) is 0 Å². The van der Waals surface area contributed by atoms with E-state index in [-0.39, 0.29) is 0 Å². The van der Waals surface area contributed by atoms with Gasteiger partial charge in [0.25, 0.3) is 0 Å². The maximum absolute atomic E-state index is 5.87. The predicted octanol–water partition coefficient (Wildman–Crippen LogP) is 3.35. The van der Waals surface area contributed by atoms with Crippen LogP contribution in [-0.4, -0.2) is 30.5 Å². The fraction of sp³-hybridized carbons (Fsp3) is 0.375. The monoisotopic (exact) mass is 352 g/mol. The Balaban J connectivity index is 1.67. The van der Waals surface area contributed by atoms with Gasteiger partial charge in [0.15, 0.2) is 11.7 Å². The molecule has 23 heavy (non-hydrogen) atoms. The molecule has 0 aliphatic carbocycles. The topological polar surface area (TPSA) is 62.5 Å². The van der Waals surface area contributed by atoms with Gasteiger partial charge in [-0.1, -0.05) is 23.7 Å². The predicted molar refractivity (Wildman–Crippen MR) is 96.3 cm³/mol. The molecular formula is C16H21ClN4OS. The van der Waals surface area contributed by atoms with E-state index in [0.717, 1.165) is 41.2 Å². The van der Waals surface area contributed by atoms with Crippen molar-refractivity contribution in [2.45, 2.75) is 24.8 Å². The standard InChI is InChI=1S/C16H21ClN4OS/c1-3-13-10-14(22-21-13)11-20-16(18-2)19-8-9-23-15-6-4-12(17)5-7-15/h4-7,10H,3,8-9,11H2,1-2H3,(H2,18,19,20). The maximum Gasteiger partial charge on any atom is 0.191 e. The van der Waals surface area contributed by atoms with Crippen LogP contribution in [0.25, 0.3) is 0 Å². The SMILES string of the molecule is CCc1cc(CNC(=NC)NCCSc2ccc(Cl)cc2)on1. The first kappa shape index (κ1) is 17.7. The van der Waals surface area contributed by atoms with Gasteiger partial charge >= 0.3 is 0 Å². The maximum atomic E-state index is 5.87. The number of guanidine groups is 1. The summed E-state index contributed by atoms with van der Waals surface area (Å²) >= 11 is 7.64. The largest absolute Gasteiger partial charge is 0.359 e. The van der Waals surface area contributed by atoms with Gasteiger partial charge in [-0.25, -0.2) is 0 Å². The molecule has 1 aromatic carbocycles. The molecule has 2 aromatic rings. The summed E-state index contributed by atoms with van der Waals surface area (Å²) in [4.78, 5) is 5.39. The lowest BCUT2D eigenvalue weighted by atomic mass is 10.3. The van der Waals surface area contributed by atoms with Crippen molar-refractivity contribution < 1.29 is 4.52 Å². The Morgan fingerprint density at radius 1 is 1.30 bits per heavy atom. The van der Waals surface area contributed by atoms with Crippen molar-refractivity contribution in [2.24, 2.45) is 4.99 Å². The van der Waals surface area contributed by atoms with E-state index < -0.39 is 0 Å². The summed E-state index contributed by atoms with van der Waals surface area (Å²) in [5.74, 6) is 2.49. The highest BCUT2D eigenvalue weighted by molar-refractivity contribution is 7.99. The second-order valence-corrected chi connectivity index (χ2v) is 6.40. The number of hydrogen-bond donors (Lipinski definition) is 2. The molecule has 0 amide bonds. The van der Waals surface area contributed by atoms with E-state index in [4.69, 9.17) is 16.1 Å². The van der Waals surface area contributed by atoms with Gasteiger partial charge in [-0.15, -0.1) is 11.8 Å². The summed E-state index contributed by atoms with van der Waals surface area (Å²) in [6.07, 6.45) is 0.873. The Bertz CT molecular complexity index is 627. The zero-order valence-electron chi connectivity index (χ0n) is 13.3. The summed E-state index contributed by atoms with van der Waals surface area (Å²) in [5.41, 5.74) is 0.962. The van der Waals surface area contributed by atoms with Crippen LogP contribution >= 0.6 is 23.4 Å². The number of halogens is 1.